The highest BCUT2D eigenvalue weighted by molar-refractivity contribution is 5.75. The lowest BCUT2D eigenvalue weighted by atomic mass is 10.4. The monoisotopic (exact) mass is 196 g/mol. The molecule has 0 aliphatic carbocycles. The molecule has 0 atom stereocenters. The summed E-state index contributed by atoms with van der Waals surface area (Å²) in [5.41, 5.74) is 1.00. The third-order valence-corrected chi connectivity index (χ3v) is 1.70. The number of H-pyrrole nitrogens is 1. The van der Waals surface area contributed by atoms with E-state index in [4.69, 9.17) is 4.74 Å². The zero-order chi connectivity index (χ0) is 10.6. The first-order valence-corrected chi connectivity index (χ1v) is 4.33. The van der Waals surface area contributed by atoms with Crippen molar-refractivity contribution in [1.29, 1.82) is 0 Å². The van der Waals surface area contributed by atoms with Crippen LogP contribution in [0, 0.1) is 6.92 Å². The predicted octanol–water partition coefficient (Wildman–Crippen LogP) is 0.636. The van der Waals surface area contributed by atoms with Crippen molar-refractivity contribution in [1.82, 2.24) is 9.97 Å². The van der Waals surface area contributed by atoms with Crippen LogP contribution < -0.4 is 0 Å². The second-order valence-corrected chi connectivity index (χ2v) is 2.79. The number of aromatic nitrogens is 2. The molecule has 0 amide bonds. The Hall–Kier alpha value is -1.65. The van der Waals surface area contributed by atoms with Gasteiger partial charge >= 0.3 is 5.97 Å². The smallest absolute Gasteiger partial charge is 0.313 e. The van der Waals surface area contributed by atoms with Crippen molar-refractivity contribution in [2.75, 3.05) is 6.61 Å². The summed E-state index contributed by atoms with van der Waals surface area (Å²) in [6.45, 7) is 3.81. The number of aromatic amines is 1. The molecule has 1 rings (SSSR count). The lowest BCUT2D eigenvalue weighted by molar-refractivity contribution is -0.142. The zero-order valence-electron chi connectivity index (χ0n) is 8.16. The fraction of sp³-hybridized carbons (Fsp3) is 0.444. The van der Waals surface area contributed by atoms with Gasteiger partial charge in [-0.1, -0.05) is 0 Å². The van der Waals surface area contributed by atoms with Crippen LogP contribution >= 0.6 is 0 Å². The quantitative estimate of drug-likeness (QED) is 0.566. The van der Waals surface area contributed by atoms with Crippen molar-refractivity contribution < 1.29 is 14.3 Å². The van der Waals surface area contributed by atoms with Crippen LogP contribution in [0.2, 0.25) is 0 Å². The Bertz CT molecular complexity index is 344. The van der Waals surface area contributed by atoms with Crippen molar-refractivity contribution in [3.8, 4) is 0 Å². The third-order valence-electron chi connectivity index (χ3n) is 1.70. The summed E-state index contributed by atoms with van der Waals surface area (Å²) in [4.78, 5) is 28.3. The molecular weight excluding hydrogens is 184 g/mol. The largest absolute Gasteiger partial charge is 0.466 e. The maximum atomic E-state index is 11.1. The van der Waals surface area contributed by atoms with E-state index < -0.39 is 0 Å². The van der Waals surface area contributed by atoms with Gasteiger partial charge in [0, 0.05) is 5.69 Å². The van der Waals surface area contributed by atoms with E-state index >= 15 is 0 Å². The molecule has 14 heavy (non-hydrogen) atoms. The summed E-state index contributed by atoms with van der Waals surface area (Å²) < 4.78 is 4.74. The first-order valence-electron chi connectivity index (χ1n) is 4.33. The molecule has 0 bridgehead atoms. The molecule has 1 aromatic heterocycles. The van der Waals surface area contributed by atoms with E-state index in [-0.39, 0.29) is 12.4 Å². The van der Waals surface area contributed by atoms with E-state index in [1.807, 2.05) is 0 Å². The molecule has 76 valence electrons. The minimum absolute atomic E-state index is 0.0719. The van der Waals surface area contributed by atoms with Gasteiger partial charge in [0.15, 0.2) is 6.29 Å². The second kappa shape index (κ2) is 4.55. The number of esters is 1. The molecule has 0 aliphatic rings. The van der Waals surface area contributed by atoms with Gasteiger partial charge in [-0.15, -0.1) is 0 Å². The molecule has 1 N–H and O–H groups in total. The molecule has 5 heteroatoms. The lowest BCUT2D eigenvalue weighted by Crippen LogP contribution is -2.08. The minimum Gasteiger partial charge on any atom is -0.466 e. The van der Waals surface area contributed by atoms with Crippen molar-refractivity contribution in [2.24, 2.45) is 0 Å². The summed E-state index contributed by atoms with van der Waals surface area (Å²) in [6.07, 6.45) is 0.725. The van der Waals surface area contributed by atoms with Crippen LogP contribution in [0.1, 0.15) is 28.9 Å². The molecular formula is C9H12N2O3. The molecule has 1 heterocycles. The first kappa shape index (κ1) is 10.4. The molecule has 1 aromatic rings. The Morgan fingerprint density at radius 3 is 2.86 bits per heavy atom. The van der Waals surface area contributed by atoms with E-state index in [2.05, 4.69) is 9.97 Å². The summed E-state index contributed by atoms with van der Waals surface area (Å²) in [5.74, 6) is 0.113. The van der Waals surface area contributed by atoms with Gasteiger partial charge in [0.05, 0.1) is 6.61 Å². The van der Waals surface area contributed by atoms with E-state index in [0.29, 0.717) is 30.1 Å². The lowest BCUT2D eigenvalue weighted by Gasteiger charge is -1.97. The van der Waals surface area contributed by atoms with Gasteiger partial charge in [0.25, 0.3) is 0 Å². The molecule has 0 fully saturated rings. The number of aryl methyl sites for hydroxylation is 1. The standard InChI is InChI=1S/C9H12N2O3/c1-3-14-9(13)4-8-10-6(2)7(5-12)11-8/h5H,3-4H2,1-2H3,(H,10,11). The predicted molar refractivity (Wildman–Crippen MR) is 49.0 cm³/mol. The van der Waals surface area contributed by atoms with Crippen LogP contribution in [0.5, 0.6) is 0 Å². The summed E-state index contributed by atoms with van der Waals surface area (Å²) in [5, 5.41) is 0. The van der Waals surface area contributed by atoms with Gasteiger partial charge < -0.3 is 9.72 Å². The number of ether oxygens (including phenoxy) is 1. The average Bonchev–Trinajstić information content (AvgIpc) is 2.46. The van der Waals surface area contributed by atoms with E-state index in [0.717, 1.165) is 0 Å². The fourth-order valence-electron chi connectivity index (χ4n) is 1.08. The first-order chi connectivity index (χ1) is 6.67. The van der Waals surface area contributed by atoms with Crippen LogP contribution in [-0.2, 0) is 16.0 Å². The second-order valence-electron chi connectivity index (χ2n) is 2.79. The Morgan fingerprint density at radius 1 is 1.64 bits per heavy atom. The average molecular weight is 196 g/mol. The Morgan fingerprint density at radius 2 is 2.36 bits per heavy atom. The zero-order valence-corrected chi connectivity index (χ0v) is 8.16. The molecule has 0 saturated heterocycles. The topological polar surface area (TPSA) is 72.0 Å². The SMILES string of the molecule is CCOC(=O)Cc1nc(C=O)c(C)[nH]1. The minimum atomic E-state index is -0.348. The highest BCUT2D eigenvalue weighted by Gasteiger charge is 2.10. The number of nitrogens with one attached hydrogen (secondary N) is 1. The van der Waals surface area contributed by atoms with Crippen molar-refractivity contribution in [3.05, 3.63) is 17.2 Å². The van der Waals surface area contributed by atoms with Crippen LogP contribution in [0.4, 0.5) is 0 Å². The molecule has 0 radical (unpaired) electrons. The summed E-state index contributed by atoms with van der Waals surface area (Å²) in [6, 6.07) is 0. The van der Waals surface area contributed by atoms with Gasteiger partial charge in [-0.05, 0) is 13.8 Å². The highest BCUT2D eigenvalue weighted by Crippen LogP contribution is 2.03. The molecule has 0 unspecified atom stereocenters. The Labute approximate surface area is 81.5 Å². The number of rotatable bonds is 4. The number of hydrogen-bond acceptors (Lipinski definition) is 4. The van der Waals surface area contributed by atoms with Crippen LogP contribution in [0.25, 0.3) is 0 Å². The molecule has 0 aliphatic heterocycles. The van der Waals surface area contributed by atoms with E-state index in [1.165, 1.54) is 0 Å². The van der Waals surface area contributed by atoms with Gasteiger partial charge in [-0.3, -0.25) is 9.59 Å². The number of hydrogen-bond donors (Lipinski definition) is 1. The van der Waals surface area contributed by atoms with Crippen LogP contribution in [-0.4, -0.2) is 28.8 Å². The molecule has 0 aromatic carbocycles. The van der Waals surface area contributed by atoms with E-state index in [1.54, 1.807) is 13.8 Å². The van der Waals surface area contributed by atoms with Gasteiger partial charge in [0.1, 0.15) is 17.9 Å². The Balaban J connectivity index is 2.68. The highest BCUT2D eigenvalue weighted by atomic mass is 16.5. The van der Waals surface area contributed by atoms with Gasteiger partial charge in [-0.2, -0.15) is 0 Å². The number of carbonyl (C=O) groups is 2. The van der Waals surface area contributed by atoms with Gasteiger partial charge in [0.2, 0.25) is 0 Å². The molecule has 5 nitrogen and oxygen atoms in total. The van der Waals surface area contributed by atoms with Crippen LogP contribution in [0.3, 0.4) is 0 Å². The number of imidazole rings is 1. The van der Waals surface area contributed by atoms with Crippen LogP contribution in [0.15, 0.2) is 0 Å². The Kier molecular flexibility index (Phi) is 3.39. The molecule has 0 spiro atoms. The fourth-order valence-corrected chi connectivity index (χ4v) is 1.08. The third kappa shape index (κ3) is 2.42. The number of aldehydes is 1. The van der Waals surface area contributed by atoms with Crippen molar-refractivity contribution >= 4 is 12.3 Å². The molecule has 0 saturated carbocycles. The van der Waals surface area contributed by atoms with E-state index in [9.17, 15) is 9.59 Å². The van der Waals surface area contributed by atoms with Gasteiger partial charge in [-0.25, -0.2) is 4.98 Å². The number of nitrogens with zero attached hydrogens (tertiary/aromatic N) is 1. The summed E-state index contributed by atoms with van der Waals surface area (Å²) >= 11 is 0. The van der Waals surface area contributed by atoms with Crippen molar-refractivity contribution in [2.45, 2.75) is 20.3 Å². The number of carbonyl (C=O) groups excluding carboxylic acids is 2. The maximum Gasteiger partial charge on any atom is 0.313 e. The summed E-state index contributed by atoms with van der Waals surface area (Å²) in [7, 11) is 0. The maximum absolute atomic E-state index is 11.1. The normalized spacial score (nSPS) is 9.86. The van der Waals surface area contributed by atoms with Crippen molar-refractivity contribution in [3.63, 3.8) is 0 Å².